The molecule has 6 nitrogen and oxygen atoms in total. The summed E-state index contributed by atoms with van der Waals surface area (Å²) in [6.45, 7) is 2.64. The van der Waals surface area contributed by atoms with Crippen molar-refractivity contribution in [2.75, 3.05) is 19.0 Å². The summed E-state index contributed by atoms with van der Waals surface area (Å²) in [5.74, 6) is -0.0441. The molecule has 0 spiro atoms. The highest BCUT2D eigenvalue weighted by molar-refractivity contribution is 6.06. The van der Waals surface area contributed by atoms with Crippen LogP contribution in [-0.4, -0.2) is 30.5 Å². The van der Waals surface area contributed by atoms with Crippen LogP contribution in [0.5, 0.6) is 5.75 Å². The second-order valence-electron chi connectivity index (χ2n) is 5.19. The molecule has 0 aliphatic rings. The molecule has 2 amide bonds. The van der Waals surface area contributed by atoms with Gasteiger partial charge in [0.2, 0.25) is 0 Å². The molecule has 0 saturated carbocycles. The van der Waals surface area contributed by atoms with Crippen molar-refractivity contribution < 1.29 is 14.3 Å². The van der Waals surface area contributed by atoms with E-state index in [1.54, 1.807) is 24.3 Å². The lowest BCUT2D eigenvalue weighted by molar-refractivity contribution is 0.0948. The summed E-state index contributed by atoms with van der Waals surface area (Å²) in [5.41, 5.74) is 1.14. The van der Waals surface area contributed by atoms with E-state index >= 15 is 0 Å². The summed E-state index contributed by atoms with van der Waals surface area (Å²) >= 11 is 0. The minimum absolute atomic E-state index is 0.221. The lowest BCUT2D eigenvalue weighted by atomic mass is 10.2. The number of unbranched alkanes of at least 4 members (excludes halogenated alkanes) is 1. The van der Waals surface area contributed by atoms with E-state index < -0.39 is 0 Å². The van der Waals surface area contributed by atoms with Crippen LogP contribution in [0.3, 0.4) is 0 Å². The van der Waals surface area contributed by atoms with Crippen LogP contribution in [0, 0.1) is 0 Å². The quantitative estimate of drug-likeness (QED) is 0.766. The predicted octanol–water partition coefficient (Wildman–Crippen LogP) is 2.87. The summed E-state index contributed by atoms with van der Waals surface area (Å²) in [6.07, 6.45) is 3.35. The van der Waals surface area contributed by atoms with E-state index in [1.807, 2.05) is 13.0 Å². The Labute approximate surface area is 141 Å². The van der Waals surface area contributed by atoms with Crippen molar-refractivity contribution in [1.82, 2.24) is 10.3 Å². The first-order chi connectivity index (χ1) is 11.7. The number of nitrogens with one attached hydrogen (secondary N) is 2. The molecule has 1 heterocycles. The van der Waals surface area contributed by atoms with Crippen LogP contribution in [0.2, 0.25) is 0 Å². The maximum atomic E-state index is 12.4. The molecule has 24 heavy (non-hydrogen) atoms. The average Bonchev–Trinajstić information content (AvgIpc) is 2.62. The molecule has 0 radical (unpaired) electrons. The lowest BCUT2D eigenvalue weighted by Crippen LogP contribution is -2.25. The van der Waals surface area contributed by atoms with Crippen molar-refractivity contribution in [3.05, 3.63) is 53.9 Å². The van der Waals surface area contributed by atoms with Gasteiger partial charge in [-0.1, -0.05) is 25.5 Å². The number of anilines is 1. The van der Waals surface area contributed by atoms with Gasteiger partial charge in [0, 0.05) is 18.3 Å². The Hall–Kier alpha value is -2.89. The third-order valence-electron chi connectivity index (χ3n) is 3.43. The maximum absolute atomic E-state index is 12.4. The largest absolute Gasteiger partial charge is 0.495 e. The Morgan fingerprint density at radius 2 is 1.96 bits per heavy atom. The molecule has 0 atom stereocenters. The van der Waals surface area contributed by atoms with E-state index in [1.165, 1.54) is 19.4 Å². The van der Waals surface area contributed by atoms with Crippen LogP contribution in [-0.2, 0) is 0 Å². The first-order valence-corrected chi connectivity index (χ1v) is 7.84. The molecule has 0 aliphatic carbocycles. The number of nitrogens with zero attached hydrogens (tertiary/aromatic N) is 1. The van der Waals surface area contributed by atoms with E-state index in [0.29, 0.717) is 23.5 Å². The second-order valence-corrected chi connectivity index (χ2v) is 5.19. The Bertz CT molecular complexity index is 716. The van der Waals surface area contributed by atoms with E-state index in [4.69, 9.17) is 4.74 Å². The number of aromatic nitrogens is 1. The molecule has 0 saturated heterocycles. The van der Waals surface area contributed by atoms with Gasteiger partial charge in [0.25, 0.3) is 11.8 Å². The van der Waals surface area contributed by atoms with Gasteiger partial charge < -0.3 is 15.4 Å². The summed E-state index contributed by atoms with van der Waals surface area (Å²) in [4.78, 5) is 28.4. The fourth-order valence-corrected chi connectivity index (χ4v) is 2.11. The number of hydrogen-bond acceptors (Lipinski definition) is 4. The third-order valence-corrected chi connectivity index (χ3v) is 3.43. The van der Waals surface area contributed by atoms with Gasteiger partial charge in [-0.3, -0.25) is 14.6 Å². The molecule has 0 bridgehead atoms. The van der Waals surface area contributed by atoms with Crippen LogP contribution < -0.4 is 15.4 Å². The molecular formula is C18H21N3O3. The van der Waals surface area contributed by atoms with Crippen LogP contribution in [0.1, 0.15) is 40.6 Å². The highest BCUT2D eigenvalue weighted by Gasteiger charge is 2.13. The SMILES string of the molecule is CCCCNC(=O)c1cc(C(=O)Nc2ccccc2OC)ccn1. The molecule has 2 N–H and O–H groups in total. The van der Waals surface area contributed by atoms with E-state index in [2.05, 4.69) is 15.6 Å². The van der Waals surface area contributed by atoms with Crippen molar-refractivity contribution >= 4 is 17.5 Å². The highest BCUT2D eigenvalue weighted by atomic mass is 16.5. The van der Waals surface area contributed by atoms with Crippen molar-refractivity contribution in [3.8, 4) is 5.75 Å². The molecule has 1 aromatic heterocycles. The number of carbonyl (C=O) groups excluding carboxylic acids is 2. The van der Waals surface area contributed by atoms with Gasteiger partial charge in [0.05, 0.1) is 12.8 Å². The van der Waals surface area contributed by atoms with Gasteiger partial charge in [-0.15, -0.1) is 0 Å². The van der Waals surface area contributed by atoms with Crippen LogP contribution in [0.25, 0.3) is 0 Å². The van der Waals surface area contributed by atoms with Gasteiger partial charge >= 0.3 is 0 Å². The Balaban J connectivity index is 2.10. The number of pyridine rings is 1. The number of ether oxygens (including phenoxy) is 1. The monoisotopic (exact) mass is 327 g/mol. The zero-order valence-electron chi connectivity index (χ0n) is 13.8. The van der Waals surface area contributed by atoms with Crippen molar-refractivity contribution in [2.24, 2.45) is 0 Å². The number of hydrogen-bond donors (Lipinski definition) is 2. The normalized spacial score (nSPS) is 10.1. The Morgan fingerprint density at radius 1 is 1.17 bits per heavy atom. The van der Waals surface area contributed by atoms with Gasteiger partial charge in [0.1, 0.15) is 11.4 Å². The molecule has 6 heteroatoms. The number of benzene rings is 1. The van der Waals surface area contributed by atoms with E-state index in [0.717, 1.165) is 12.8 Å². The fraction of sp³-hybridized carbons (Fsp3) is 0.278. The van der Waals surface area contributed by atoms with Crippen LogP contribution in [0.15, 0.2) is 42.6 Å². The first kappa shape index (κ1) is 17.5. The van der Waals surface area contributed by atoms with Crippen LogP contribution >= 0.6 is 0 Å². The summed E-state index contributed by atoms with van der Waals surface area (Å²) in [5, 5.41) is 5.55. The van der Waals surface area contributed by atoms with Crippen molar-refractivity contribution in [2.45, 2.75) is 19.8 Å². The number of para-hydroxylation sites is 2. The number of carbonyl (C=O) groups is 2. The van der Waals surface area contributed by atoms with Crippen molar-refractivity contribution in [3.63, 3.8) is 0 Å². The van der Waals surface area contributed by atoms with Crippen molar-refractivity contribution in [1.29, 1.82) is 0 Å². The maximum Gasteiger partial charge on any atom is 0.269 e. The standard InChI is InChI=1S/C18H21N3O3/c1-3-4-10-20-18(23)15-12-13(9-11-19-15)17(22)21-14-7-5-6-8-16(14)24-2/h5-9,11-12H,3-4,10H2,1-2H3,(H,20,23)(H,21,22). The molecule has 0 fully saturated rings. The molecule has 2 aromatic rings. The minimum Gasteiger partial charge on any atom is -0.495 e. The van der Waals surface area contributed by atoms with Gasteiger partial charge in [-0.25, -0.2) is 0 Å². The predicted molar refractivity (Wildman–Crippen MR) is 92.4 cm³/mol. The van der Waals surface area contributed by atoms with Gasteiger partial charge in [-0.2, -0.15) is 0 Å². The molecule has 126 valence electrons. The zero-order chi connectivity index (χ0) is 17.4. The zero-order valence-corrected chi connectivity index (χ0v) is 13.8. The molecular weight excluding hydrogens is 306 g/mol. The third kappa shape index (κ3) is 4.55. The molecule has 0 unspecified atom stereocenters. The first-order valence-electron chi connectivity index (χ1n) is 7.84. The number of rotatable bonds is 7. The van der Waals surface area contributed by atoms with Crippen LogP contribution in [0.4, 0.5) is 5.69 Å². The smallest absolute Gasteiger partial charge is 0.269 e. The van der Waals surface area contributed by atoms with Gasteiger partial charge in [-0.05, 0) is 30.7 Å². The molecule has 1 aromatic carbocycles. The second kappa shape index (κ2) is 8.67. The van der Waals surface area contributed by atoms with E-state index in [9.17, 15) is 9.59 Å². The summed E-state index contributed by atoms with van der Waals surface area (Å²) in [7, 11) is 1.54. The molecule has 2 rings (SSSR count). The highest BCUT2D eigenvalue weighted by Crippen LogP contribution is 2.23. The number of methoxy groups -OCH3 is 1. The topological polar surface area (TPSA) is 80.3 Å². The van der Waals surface area contributed by atoms with Gasteiger partial charge in [0.15, 0.2) is 0 Å². The Morgan fingerprint density at radius 3 is 2.71 bits per heavy atom. The number of amides is 2. The summed E-state index contributed by atoms with van der Waals surface area (Å²) in [6, 6.07) is 10.2. The Kier molecular flexibility index (Phi) is 6.31. The average molecular weight is 327 g/mol. The summed E-state index contributed by atoms with van der Waals surface area (Å²) < 4.78 is 5.21. The van der Waals surface area contributed by atoms with E-state index in [-0.39, 0.29) is 17.5 Å². The minimum atomic E-state index is -0.329. The fourth-order valence-electron chi connectivity index (χ4n) is 2.11. The molecule has 0 aliphatic heterocycles. The lowest BCUT2D eigenvalue weighted by Gasteiger charge is -2.10.